The van der Waals surface area contributed by atoms with Crippen molar-refractivity contribution in [3.8, 4) is 0 Å². The van der Waals surface area contributed by atoms with Crippen molar-refractivity contribution in [1.82, 2.24) is 10.2 Å². The summed E-state index contributed by atoms with van der Waals surface area (Å²) in [6.45, 7) is 4.82. The second kappa shape index (κ2) is 7.90. The van der Waals surface area contributed by atoms with Gasteiger partial charge in [-0.1, -0.05) is 36.8 Å². The van der Waals surface area contributed by atoms with Crippen LogP contribution in [0.4, 0.5) is 4.79 Å². The minimum Gasteiger partial charge on any atom is -0.445 e. The van der Waals surface area contributed by atoms with Crippen LogP contribution in [0.3, 0.4) is 0 Å². The molecule has 1 amide bonds. The molecule has 1 aliphatic heterocycles. The van der Waals surface area contributed by atoms with Gasteiger partial charge in [0.15, 0.2) is 0 Å². The molecule has 0 radical (unpaired) electrons. The van der Waals surface area contributed by atoms with Crippen molar-refractivity contribution in [2.45, 2.75) is 38.8 Å². The maximum absolute atomic E-state index is 12.1. The van der Waals surface area contributed by atoms with Gasteiger partial charge in [-0.25, -0.2) is 4.79 Å². The Kier molecular flexibility index (Phi) is 5.87. The Labute approximate surface area is 121 Å². The van der Waals surface area contributed by atoms with Gasteiger partial charge in [0.2, 0.25) is 0 Å². The highest BCUT2D eigenvalue weighted by Gasteiger charge is 2.20. The molecule has 1 heterocycles. The van der Waals surface area contributed by atoms with Gasteiger partial charge in [0, 0.05) is 19.1 Å². The zero-order chi connectivity index (χ0) is 14.2. The van der Waals surface area contributed by atoms with Gasteiger partial charge < -0.3 is 15.0 Å². The monoisotopic (exact) mass is 276 g/mol. The number of likely N-dealkylation sites (N-methyl/N-ethyl adjacent to an activating group) is 1. The van der Waals surface area contributed by atoms with Crippen LogP contribution >= 0.6 is 0 Å². The molecular weight excluding hydrogens is 252 g/mol. The van der Waals surface area contributed by atoms with Crippen molar-refractivity contribution < 1.29 is 9.53 Å². The highest BCUT2D eigenvalue weighted by Crippen LogP contribution is 2.10. The smallest absolute Gasteiger partial charge is 0.410 e. The van der Waals surface area contributed by atoms with Gasteiger partial charge >= 0.3 is 6.09 Å². The quantitative estimate of drug-likeness (QED) is 0.899. The minimum absolute atomic E-state index is 0.219. The Hall–Kier alpha value is -1.55. The Balaban J connectivity index is 1.79. The van der Waals surface area contributed by atoms with Crippen molar-refractivity contribution in [3.05, 3.63) is 35.9 Å². The van der Waals surface area contributed by atoms with Gasteiger partial charge in [-0.15, -0.1) is 0 Å². The lowest BCUT2D eigenvalue weighted by atomic mass is 10.0. The molecule has 1 aliphatic rings. The first kappa shape index (κ1) is 14.9. The first-order chi connectivity index (χ1) is 9.79. The molecular formula is C16H24N2O2. The molecule has 0 aromatic heterocycles. The third kappa shape index (κ3) is 4.53. The summed E-state index contributed by atoms with van der Waals surface area (Å²) >= 11 is 0. The van der Waals surface area contributed by atoms with E-state index in [0.29, 0.717) is 19.2 Å². The Bertz CT molecular complexity index is 402. The number of benzene rings is 1. The highest BCUT2D eigenvalue weighted by molar-refractivity contribution is 5.67. The first-order valence-electron chi connectivity index (χ1n) is 7.48. The summed E-state index contributed by atoms with van der Waals surface area (Å²) in [6.07, 6.45) is 3.40. The summed E-state index contributed by atoms with van der Waals surface area (Å²) in [4.78, 5) is 13.9. The fourth-order valence-corrected chi connectivity index (χ4v) is 2.49. The molecule has 20 heavy (non-hydrogen) atoms. The van der Waals surface area contributed by atoms with E-state index in [0.717, 1.165) is 25.1 Å². The maximum atomic E-state index is 12.1. The minimum atomic E-state index is -0.219. The van der Waals surface area contributed by atoms with E-state index in [2.05, 4.69) is 5.32 Å². The molecule has 110 valence electrons. The Morgan fingerprint density at radius 1 is 1.35 bits per heavy atom. The summed E-state index contributed by atoms with van der Waals surface area (Å²) in [6, 6.07) is 10.2. The number of carbonyl (C=O) groups is 1. The van der Waals surface area contributed by atoms with Crippen LogP contribution < -0.4 is 5.32 Å². The molecule has 1 aromatic carbocycles. The van der Waals surface area contributed by atoms with Gasteiger partial charge in [0.05, 0.1) is 0 Å². The number of nitrogens with zero attached hydrogens (tertiary/aromatic N) is 1. The number of ether oxygens (including phenoxy) is 1. The van der Waals surface area contributed by atoms with Gasteiger partial charge in [0.1, 0.15) is 6.61 Å². The number of amides is 1. The van der Waals surface area contributed by atoms with E-state index >= 15 is 0 Å². The summed E-state index contributed by atoms with van der Waals surface area (Å²) in [5, 5.41) is 3.46. The molecule has 1 fully saturated rings. The molecule has 4 nitrogen and oxygen atoms in total. The van der Waals surface area contributed by atoms with E-state index in [1.165, 1.54) is 12.8 Å². The summed E-state index contributed by atoms with van der Waals surface area (Å²) in [5.74, 6) is 0. The predicted molar refractivity (Wildman–Crippen MR) is 79.5 cm³/mol. The average molecular weight is 276 g/mol. The van der Waals surface area contributed by atoms with E-state index in [1.54, 1.807) is 4.90 Å². The number of piperidine rings is 1. The number of hydrogen-bond donors (Lipinski definition) is 1. The van der Waals surface area contributed by atoms with Crippen LogP contribution in [0.5, 0.6) is 0 Å². The summed E-state index contributed by atoms with van der Waals surface area (Å²) in [5.41, 5.74) is 1.02. The van der Waals surface area contributed by atoms with Crippen LogP contribution in [0.2, 0.25) is 0 Å². The van der Waals surface area contributed by atoms with E-state index in [4.69, 9.17) is 4.74 Å². The number of nitrogens with one attached hydrogen (secondary N) is 1. The first-order valence-corrected chi connectivity index (χ1v) is 7.48. The second-order valence-electron chi connectivity index (χ2n) is 5.23. The normalized spacial score (nSPS) is 18.6. The van der Waals surface area contributed by atoms with Gasteiger partial charge in [0.25, 0.3) is 0 Å². The van der Waals surface area contributed by atoms with E-state index < -0.39 is 0 Å². The largest absolute Gasteiger partial charge is 0.445 e. The van der Waals surface area contributed by atoms with Crippen LogP contribution in [-0.4, -0.2) is 36.7 Å². The number of carbonyl (C=O) groups excluding carboxylic acids is 1. The predicted octanol–water partition coefficient (Wildman–Crippen LogP) is 2.79. The molecule has 0 saturated carbocycles. The summed E-state index contributed by atoms with van der Waals surface area (Å²) in [7, 11) is 0. The standard InChI is InChI=1S/C16H24N2O2/c1-2-18(12-15-10-6-7-11-17-15)16(19)20-13-14-8-4-3-5-9-14/h3-5,8-9,15,17H,2,6-7,10-13H2,1H3/t15-/m0/s1. The average Bonchev–Trinajstić information content (AvgIpc) is 2.52. The van der Waals surface area contributed by atoms with Crippen molar-refractivity contribution in [2.75, 3.05) is 19.6 Å². The molecule has 1 N–H and O–H groups in total. The molecule has 0 bridgehead atoms. The Morgan fingerprint density at radius 2 is 2.15 bits per heavy atom. The molecule has 1 saturated heterocycles. The fourth-order valence-electron chi connectivity index (χ4n) is 2.49. The van der Waals surface area contributed by atoms with Crippen molar-refractivity contribution in [1.29, 1.82) is 0 Å². The number of rotatable bonds is 5. The lowest BCUT2D eigenvalue weighted by molar-refractivity contribution is 0.0929. The fraction of sp³-hybridized carbons (Fsp3) is 0.562. The topological polar surface area (TPSA) is 41.6 Å². The summed E-state index contributed by atoms with van der Waals surface area (Å²) < 4.78 is 5.38. The molecule has 1 aromatic rings. The van der Waals surface area contributed by atoms with E-state index in [1.807, 2.05) is 37.3 Å². The third-order valence-electron chi connectivity index (χ3n) is 3.70. The van der Waals surface area contributed by atoms with Gasteiger partial charge in [-0.3, -0.25) is 0 Å². The second-order valence-corrected chi connectivity index (χ2v) is 5.23. The van der Waals surface area contributed by atoms with Gasteiger partial charge in [-0.2, -0.15) is 0 Å². The van der Waals surface area contributed by atoms with Crippen LogP contribution in [0.25, 0.3) is 0 Å². The van der Waals surface area contributed by atoms with Crippen LogP contribution in [-0.2, 0) is 11.3 Å². The van der Waals surface area contributed by atoms with Gasteiger partial charge in [-0.05, 0) is 31.9 Å². The zero-order valence-corrected chi connectivity index (χ0v) is 12.2. The van der Waals surface area contributed by atoms with Crippen molar-refractivity contribution >= 4 is 6.09 Å². The van der Waals surface area contributed by atoms with Crippen molar-refractivity contribution in [2.24, 2.45) is 0 Å². The third-order valence-corrected chi connectivity index (χ3v) is 3.70. The van der Waals surface area contributed by atoms with Crippen LogP contribution in [0.1, 0.15) is 31.7 Å². The van der Waals surface area contributed by atoms with Crippen molar-refractivity contribution in [3.63, 3.8) is 0 Å². The van der Waals surface area contributed by atoms with E-state index in [9.17, 15) is 4.79 Å². The molecule has 1 atom stereocenters. The lowest BCUT2D eigenvalue weighted by Crippen LogP contribution is -2.45. The van der Waals surface area contributed by atoms with E-state index in [-0.39, 0.29) is 6.09 Å². The van der Waals surface area contributed by atoms with Crippen LogP contribution in [0.15, 0.2) is 30.3 Å². The molecule has 0 aliphatic carbocycles. The molecule has 0 unspecified atom stereocenters. The zero-order valence-electron chi connectivity index (χ0n) is 12.2. The SMILES string of the molecule is CCN(C[C@@H]1CCCCN1)C(=O)OCc1ccccc1. The number of hydrogen-bond acceptors (Lipinski definition) is 3. The molecule has 2 rings (SSSR count). The maximum Gasteiger partial charge on any atom is 0.410 e. The highest BCUT2D eigenvalue weighted by atomic mass is 16.6. The molecule has 0 spiro atoms. The Morgan fingerprint density at radius 3 is 2.80 bits per heavy atom. The van der Waals surface area contributed by atoms with Crippen LogP contribution in [0, 0.1) is 0 Å². The lowest BCUT2D eigenvalue weighted by Gasteiger charge is -2.29. The molecule has 4 heteroatoms.